The third kappa shape index (κ3) is 5.92. The maximum Gasteiger partial charge on any atom is 0.222 e. The second-order valence-corrected chi connectivity index (χ2v) is 10.4. The van der Waals surface area contributed by atoms with Gasteiger partial charge in [-0.2, -0.15) is 5.06 Å². The largest absolute Gasteiger partial charge is 0.489 e. The standard InChI is InChI=1S/C24H31N3O5S/c1-26-24(20-10-5-11-21(16-20)31-17-19-8-3-2-4-9-19)22(18-32-26)33(29,30)25-13-7-15-27-14-6-12-23(27)28/h2-5,8-11,16,22,24-25H,6-7,12-15,17-18H2,1H3/t22-,24+/m0/s1. The lowest BCUT2D eigenvalue weighted by atomic mass is 10.0. The number of amides is 1. The molecular formula is C24H31N3O5S. The quantitative estimate of drug-likeness (QED) is 0.534. The molecule has 2 saturated heterocycles. The first kappa shape index (κ1) is 23.7. The van der Waals surface area contributed by atoms with E-state index in [0.29, 0.717) is 38.3 Å². The molecule has 1 amide bonds. The molecule has 0 bridgehead atoms. The Morgan fingerprint density at radius 1 is 1.15 bits per heavy atom. The predicted molar refractivity (Wildman–Crippen MR) is 125 cm³/mol. The van der Waals surface area contributed by atoms with Crippen LogP contribution in [-0.2, 0) is 26.3 Å². The number of nitrogens with one attached hydrogen (secondary N) is 1. The molecule has 0 spiro atoms. The third-order valence-electron chi connectivity index (χ3n) is 6.11. The minimum absolute atomic E-state index is 0.0796. The number of hydrogen-bond acceptors (Lipinski definition) is 6. The fourth-order valence-electron chi connectivity index (χ4n) is 4.34. The Hall–Kier alpha value is -2.46. The van der Waals surface area contributed by atoms with Crippen LogP contribution in [0.2, 0.25) is 0 Å². The van der Waals surface area contributed by atoms with E-state index in [9.17, 15) is 13.2 Å². The monoisotopic (exact) mass is 473 g/mol. The maximum absolute atomic E-state index is 13.1. The molecule has 2 aromatic carbocycles. The van der Waals surface area contributed by atoms with Gasteiger partial charge in [-0.3, -0.25) is 9.63 Å². The molecule has 178 valence electrons. The van der Waals surface area contributed by atoms with Crippen molar-refractivity contribution in [2.45, 2.75) is 37.2 Å². The first-order valence-corrected chi connectivity index (χ1v) is 12.9. The molecule has 2 heterocycles. The molecule has 0 radical (unpaired) electrons. The van der Waals surface area contributed by atoms with E-state index in [2.05, 4.69) is 4.72 Å². The lowest BCUT2D eigenvalue weighted by Gasteiger charge is -2.24. The van der Waals surface area contributed by atoms with Gasteiger partial charge in [-0.1, -0.05) is 42.5 Å². The van der Waals surface area contributed by atoms with Crippen LogP contribution in [0, 0.1) is 0 Å². The average molecular weight is 474 g/mol. The second kappa shape index (κ2) is 10.6. The van der Waals surface area contributed by atoms with Crippen LogP contribution in [-0.4, -0.2) is 62.8 Å². The van der Waals surface area contributed by atoms with Crippen molar-refractivity contribution in [1.29, 1.82) is 0 Å². The number of hydroxylamine groups is 2. The van der Waals surface area contributed by atoms with Crippen LogP contribution in [0.25, 0.3) is 0 Å². The molecule has 9 heteroatoms. The molecule has 0 aliphatic carbocycles. The number of sulfonamides is 1. The highest BCUT2D eigenvalue weighted by Crippen LogP contribution is 2.34. The predicted octanol–water partition coefficient (Wildman–Crippen LogP) is 2.48. The number of likely N-dealkylation sites (tertiary alicyclic amines) is 1. The summed E-state index contributed by atoms with van der Waals surface area (Å²) in [6.45, 7) is 2.14. The Balaban J connectivity index is 1.38. The first-order valence-electron chi connectivity index (χ1n) is 11.3. The summed E-state index contributed by atoms with van der Waals surface area (Å²) < 4.78 is 34.8. The van der Waals surface area contributed by atoms with E-state index in [1.807, 2.05) is 54.6 Å². The van der Waals surface area contributed by atoms with Gasteiger partial charge < -0.3 is 9.64 Å². The highest BCUT2D eigenvalue weighted by Gasteiger charge is 2.43. The minimum atomic E-state index is -3.63. The Kier molecular flexibility index (Phi) is 7.64. The highest BCUT2D eigenvalue weighted by atomic mass is 32.2. The Bertz CT molecular complexity index is 1050. The van der Waals surface area contributed by atoms with E-state index < -0.39 is 21.3 Å². The smallest absolute Gasteiger partial charge is 0.222 e. The van der Waals surface area contributed by atoms with Crippen molar-refractivity contribution in [3.8, 4) is 5.75 Å². The zero-order valence-electron chi connectivity index (χ0n) is 18.9. The van der Waals surface area contributed by atoms with E-state index in [1.165, 1.54) is 0 Å². The molecule has 4 rings (SSSR count). The number of rotatable bonds is 10. The van der Waals surface area contributed by atoms with Gasteiger partial charge in [-0.05, 0) is 36.1 Å². The van der Waals surface area contributed by atoms with Crippen molar-refractivity contribution < 1.29 is 22.8 Å². The summed E-state index contributed by atoms with van der Waals surface area (Å²) in [5, 5.41) is 0.851. The topological polar surface area (TPSA) is 88.2 Å². The van der Waals surface area contributed by atoms with Gasteiger partial charge in [-0.25, -0.2) is 13.1 Å². The number of benzene rings is 2. The van der Waals surface area contributed by atoms with E-state index in [4.69, 9.17) is 9.57 Å². The molecular weight excluding hydrogens is 442 g/mol. The molecule has 33 heavy (non-hydrogen) atoms. The molecule has 2 aliphatic rings. The van der Waals surface area contributed by atoms with Crippen LogP contribution in [0.15, 0.2) is 54.6 Å². The summed E-state index contributed by atoms with van der Waals surface area (Å²) >= 11 is 0. The number of carbonyl (C=O) groups excluding carboxylic acids is 1. The summed E-state index contributed by atoms with van der Waals surface area (Å²) in [7, 11) is -1.88. The zero-order valence-corrected chi connectivity index (χ0v) is 19.7. The van der Waals surface area contributed by atoms with Crippen LogP contribution < -0.4 is 9.46 Å². The molecule has 1 N–H and O–H groups in total. The van der Waals surface area contributed by atoms with E-state index in [-0.39, 0.29) is 12.5 Å². The Morgan fingerprint density at radius 2 is 1.97 bits per heavy atom. The Morgan fingerprint density at radius 3 is 2.73 bits per heavy atom. The van der Waals surface area contributed by atoms with Gasteiger partial charge in [0, 0.05) is 33.1 Å². The molecule has 2 fully saturated rings. The van der Waals surface area contributed by atoms with Crippen molar-refractivity contribution in [3.05, 3.63) is 65.7 Å². The van der Waals surface area contributed by atoms with Gasteiger partial charge in [0.25, 0.3) is 0 Å². The summed E-state index contributed by atoms with van der Waals surface area (Å²) in [6, 6.07) is 16.9. The fraction of sp³-hybridized carbons (Fsp3) is 0.458. The third-order valence-corrected chi connectivity index (χ3v) is 7.91. The van der Waals surface area contributed by atoms with E-state index in [0.717, 1.165) is 24.1 Å². The SMILES string of the molecule is CN1OC[C@H](S(=O)(=O)NCCCN2CCCC2=O)[C@H]1c1cccc(OCc2ccccc2)c1. The van der Waals surface area contributed by atoms with Crippen LogP contribution in [0.5, 0.6) is 5.75 Å². The van der Waals surface area contributed by atoms with Crippen molar-refractivity contribution in [3.63, 3.8) is 0 Å². The van der Waals surface area contributed by atoms with Crippen molar-refractivity contribution in [2.24, 2.45) is 0 Å². The zero-order chi connectivity index (χ0) is 23.3. The molecule has 8 nitrogen and oxygen atoms in total. The number of hydrogen-bond donors (Lipinski definition) is 1. The van der Waals surface area contributed by atoms with Crippen molar-refractivity contribution in [1.82, 2.24) is 14.7 Å². The summed E-state index contributed by atoms with van der Waals surface area (Å²) in [4.78, 5) is 19.1. The van der Waals surface area contributed by atoms with E-state index >= 15 is 0 Å². The van der Waals surface area contributed by atoms with Gasteiger partial charge in [0.05, 0.1) is 12.6 Å². The van der Waals surface area contributed by atoms with Crippen LogP contribution in [0.3, 0.4) is 0 Å². The summed E-state index contributed by atoms with van der Waals surface area (Å²) in [6.07, 6.45) is 2.06. The molecule has 0 saturated carbocycles. The number of nitrogens with zero attached hydrogens (tertiary/aromatic N) is 2. The van der Waals surface area contributed by atoms with Gasteiger partial charge in [-0.15, -0.1) is 0 Å². The fourth-order valence-corrected chi connectivity index (χ4v) is 5.89. The van der Waals surface area contributed by atoms with Gasteiger partial charge in [0.15, 0.2) is 0 Å². The summed E-state index contributed by atoms with van der Waals surface area (Å²) in [5.74, 6) is 0.828. The number of carbonyl (C=O) groups is 1. The lowest BCUT2D eigenvalue weighted by Crippen LogP contribution is -2.40. The maximum atomic E-state index is 13.1. The van der Waals surface area contributed by atoms with Gasteiger partial charge >= 0.3 is 0 Å². The van der Waals surface area contributed by atoms with Gasteiger partial charge in [0.1, 0.15) is 17.6 Å². The van der Waals surface area contributed by atoms with Crippen molar-refractivity contribution >= 4 is 15.9 Å². The average Bonchev–Trinajstić information content (AvgIpc) is 3.42. The van der Waals surface area contributed by atoms with Crippen LogP contribution >= 0.6 is 0 Å². The molecule has 2 aromatic rings. The molecule has 2 atom stereocenters. The molecule has 0 unspecified atom stereocenters. The van der Waals surface area contributed by atoms with Gasteiger partial charge in [0.2, 0.25) is 15.9 Å². The first-order chi connectivity index (χ1) is 15.9. The second-order valence-electron chi connectivity index (χ2n) is 8.45. The van der Waals surface area contributed by atoms with Crippen molar-refractivity contribution in [2.75, 3.05) is 33.3 Å². The summed E-state index contributed by atoms with van der Waals surface area (Å²) in [5.41, 5.74) is 1.88. The van der Waals surface area contributed by atoms with Crippen LogP contribution in [0.1, 0.15) is 36.4 Å². The Labute approximate surface area is 195 Å². The highest BCUT2D eigenvalue weighted by molar-refractivity contribution is 7.90. The van der Waals surface area contributed by atoms with E-state index in [1.54, 1.807) is 17.0 Å². The minimum Gasteiger partial charge on any atom is -0.489 e. The number of ether oxygens (including phenoxy) is 1. The molecule has 0 aromatic heterocycles. The van der Waals surface area contributed by atoms with Crippen LogP contribution in [0.4, 0.5) is 0 Å². The molecule has 2 aliphatic heterocycles. The lowest BCUT2D eigenvalue weighted by molar-refractivity contribution is -0.127. The normalized spacial score (nSPS) is 21.6.